The summed E-state index contributed by atoms with van der Waals surface area (Å²) in [5.41, 5.74) is 2.24. The van der Waals surface area contributed by atoms with Crippen molar-refractivity contribution in [3.63, 3.8) is 0 Å². The molecule has 1 heterocycles. The molecule has 0 spiro atoms. The molecule has 0 saturated carbocycles. The zero-order valence-corrected chi connectivity index (χ0v) is 14.9. The van der Waals surface area contributed by atoms with Gasteiger partial charge in [-0.25, -0.2) is 9.97 Å². The molecule has 27 heavy (non-hydrogen) atoms. The van der Waals surface area contributed by atoms with Crippen molar-refractivity contribution < 1.29 is 14.3 Å². The van der Waals surface area contributed by atoms with Gasteiger partial charge < -0.3 is 15.4 Å². The fourth-order valence-corrected chi connectivity index (χ4v) is 2.32. The molecule has 0 fully saturated rings. The molecule has 0 aliphatic carbocycles. The van der Waals surface area contributed by atoms with Crippen molar-refractivity contribution in [1.29, 1.82) is 0 Å². The molecule has 0 bridgehead atoms. The lowest BCUT2D eigenvalue weighted by atomic mass is 10.1. The number of rotatable bonds is 6. The lowest BCUT2D eigenvalue weighted by molar-refractivity contribution is 0.101. The molecule has 0 atom stereocenters. The topological polar surface area (TPSA) is 93.2 Å². The Balaban J connectivity index is 1.63. The summed E-state index contributed by atoms with van der Waals surface area (Å²) in [4.78, 5) is 31.9. The summed E-state index contributed by atoms with van der Waals surface area (Å²) >= 11 is 0. The zero-order valence-electron chi connectivity index (χ0n) is 14.9. The summed E-state index contributed by atoms with van der Waals surface area (Å²) in [7, 11) is 1.58. The molecule has 0 aliphatic heterocycles. The second-order valence-electron chi connectivity index (χ2n) is 5.73. The Morgan fingerprint density at radius 2 is 1.56 bits per heavy atom. The minimum atomic E-state index is -0.356. The summed E-state index contributed by atoms with van der Waals surface area (Å²) in [5.74, 6) is 0.852. The third kappa shape index (κ3) is 4.66. The lowest BCUT2D eigenvalue weighted by Gasteiger charge is -2.08. The van der Waals surface area contributed by atoms with Crippen LogP contribution in [0, 0.1) is 0 Å². The number of hydrogen-bond donors (Lipinski definition) is 2. The van der Waals surface area contributed by atoms with Gasteiger partial charge >= 0.3 is 0 Å². The first-order chi connectivity index (χ1) is 13.0. The smallest absolute Gasteiger partial charge is 0.275 e. The first-order valence-electron chi connectivity index (χ1n) is 8.20. The monoisotopic (exact) mass is 362 g/mol. The maximum absolute atomic E-state index is 12.2. The predicted octanol–water partition coefficient (Wildman–Crippen LogP) is 3.68. The molecule has 136 valence electrons. The fraction of sp³-hybridized carbons (Fsp3) is 0.100. The number of nitrogens with one attached hydrogen (secondary N) is 2. The summed E-state index contributed by atoms with van der Waals surface area (Å²) in [6.45, 7) is 1.52. The number of ether oxygens (including phenoxy) is 1. The van der Waals surface area contributed by atoms with Crippen LogP contribution in [0.4, 0.5) is 17.2 Å². The molecular formula is C20H18N4O3. The third-order valence-electron chi connectivity index (χ3n) is 3.80. The molecule has 2 aromatic carbocycles. The van der Waals surface area contributed by atoms with Crippen LogP contribution in [-0.4, -0.2) is 28.8 Å². The molecule has 1 amide bonds. The zero-order chi connectivity index (χ0) is 19.2. The fourth-order valence-electron chi connectivity index (χ4n) is 2.32. The minimum absolute atomic E-state index is 0.00793. The standard InChI is InChI=1S/C20H18N4O3/c1-13(25)14-3-5-15(6-4-14)23-19-12-21-18(11-22-19)20(26)24-16-7-9-17(27-2)10-8-16/h3-12H,1-2H3,(H,22,23)(H,24,26). The van der Waals surface area contributed by atoms with Crippen molar-refractivity contribution in [3.8, 4) is 5.75 Å². The van der Waals surface area contributed by atoms with Gasteiger partial charge in [0, 0.05) is 16.9 Å². The number of benzene rings is 2. The van der Waals surface area contributed by atoms with Crippen LogP contribution in [0.3, 0.4) is 0 Å². The average Bonchev–Trinajstić information content (AvgIpc) is 2.69. The predicted molar refractivity (Wildman–Crippen MR) is 103 cm³/mol. The maximum Gasteiger partial charge on any atom is 0.275 e. The van der Waals surface area contributed by atoms with Crippen LogP contribution in [0.15, 0.2) is 60.9 Å². The van der Waals surface area contributed by atoms with Crippen LogP contribution in [-0.2, 0) is 0 Å². The Kier molecular flexibility index (Phi) is 5.41. The van der Waals surface area contributed by atoms with E-state index in [0.29, 0.717) is 22.8 Å². The Morgan fingerprint density at radius 1 is 0.889 bits per heavy atom. The van der Waals surface area contributed by atoms with Crippen molar-refractivity contribution in [2.45, 2.75) is 6.92 Å². The van der Waals surface area contributed by atoms with Gasteiger partial charge in [-0.1, -0.05) is 0 Å². The number of anilines is 3. The van der Waals surface area contributed by atoms with E-state index in [9.17, 15) is 9.59 Å². The number of ketones is 1. The van der Waals surface area contributed by atoms with E-state index in [2.05, 4.69) is 20.6 Å². The van der Waals surface area contributed by atoms with Crippen LogP contribution in [0.25, 0.3) is 0 Å². The summed E-state index contributed by atoms with van der Waals surface area (Å²) in [6.07, 6.45) is 2.87. The molecule has 7 nitrogen and oxygen atoms in total. The van der Waals surface area contributed by atoms with E-state index in [1.165, 1.54) is 19.3 Å². The van der Waals surface area contributed by atoms with E-state index in [1.807, 2.05) is 0 Å². The normalized spacial score (nSPS) is 10.1. The molecule has 0 aliphatic rings. The number of carbonyl (C=O) groups is 2. The number of carbonyl (C=O) groups excluding carboxylic acids is 2. The highest BCUT2D eigenvalue weighted by molar-refractivity contribution is 6.02. The van der Waals surface area contributed by atoms with Crippen molar-refractivity contribution >= 4 is 28.9 Å². The molecule has 0 unspecified atom stereocenters. The molecule has 7 heteroatoms. The first-order valence-corrected chi connectivity index (χ1v) is 8.20. The van der Waals surface area contributed by atoms with Crippen LogP contribution >= 0.6 is 0 Å². The summed E-state index contributed by atoms with van der Waals surface area (Å²) in [5, 5.41) is 5.81. The number of Topliss-reactive ketones (excluding diaryl/α,β-unsaturated/α-hetero) is 1. The van der Waals surface area contributed by atoms with Gasteiger partial charge in [0.05, 0.1) is 19.5 Å². The van der Waals surface area contributed by atoms with Gasteiger partial charge in [-0.15, -0.1) is 0 Å². The molecule has 0 radical (unpaired) electrons. The lowest BCUT2D eigenvalue weighted by Crippen LogP contribution is -2.14. The van der Waals surface area contributed by atoms with E-state index >= 15 is 0 Å². The summed E-state index contributed by atoms with van der Waals surface area (Å²) < 4.78 is 5.08. The third-order valence-corrected chi connectivity index (χ3v) is 3.80. The van der Waals surface area contributed by atoms with Crippen molar-refractivity contribution in [1.82, 2.24) is 9.97 Å². The highest BCUT2D eigenvalue weighted by Gasteiger charge is 2.09. The molecular weight excluding hydrogens is 344 g/mol. The van der Waals surface area contributed by atoms with Crippen LogP contribution in [0.1, 0.15) is 27.8 Å². The average molecular weight is 362 g/mol. The summed E-state index contributed by atoms with van der Waals surface area (Å²) in [6, 6.07) is 14.0. The van der Waals surface area contributed by atoms with Gasteiger partial charge in [0.25, 0.3) is 5.91 Å². The molecule has 3 aromatic rings. The number of hydrogen-bond acceptors (Lipinski definition) is 6. The molecule has 1 aromatic heterocycles. The Bertz CT molecular complexity index is 936. The SMILES string of the molecule is COc1ccc(NC(=O)c2cnc(Nc3ccc(C(C)=O)cc3)cn2)cc1. The van der Waals surface area contributed by atoms with Crippen LogP contribution in [0.2, 0.25) is 0 Å². The van der Waals surface area contributed by atoms with E-state index in [-0.39, 0.29) is 17.4 Å². The Labute approximate surface area is 156 Å². The van der Waals surface area contributed by atoms with Gasteiger partial charge in [0.2, 0.25) is 0 Å². The minimum Gasteiger partial charge on any atom is -0.497 e. The molecule has 0 saturated heterocycles. The van der Waals surface area contributed by atoms with E-state index in [4.69, 9.17) is 4.74 Å². The highest BCUT2D eigenvalue weighted by Crippen LogP contribution is 2.17. The van der Waals surface area contributed by atoms with Crippen molar-refractivity contribution in [3.05, 3.63) is 72.2 Å². The Hall–Kier alpha value is -3.74. The van der Waals surface area contributed by atoms with Gasteiger partial charge in [-0.05, 0) is 55.5 Å². The van der Waals surface area contributed by atoms with Crippen LogP contribution in [0.5, 0.6) is 5.75 Å². The second-order valence-corrected chi connectivity index (χ2v) is 5.73. The van der Waals surface area contributed by atoms with Gasteiger partial charge in [0.15, 0.2) is 5.78 Å². The number of amides is 1. The van der Waals surface area contributed by atoms with E-state index in [1.54, 1.807) is 55.6 Å². The maximum atomic E-state index is 12.2. The number of aromatic nitrogens is 2. The number of nitrogens with zero attached hydrogens (tertiary/aromatic N) is 2. The number of methoxy groups -OCH3 is 1. The highest BCUT2D eigenvalue weighted by atomic mass is 16.5. The van der Waals surface area contributed by atoms with Gasteiger partial charge in [0.1, 0.15) is 17.3 Å². The van der Waals surface area contributed by atoms with Crippen LogP contribution < -0.4 is 15.4 Å². The molecule has 3 rings (SSSR count). The van der Waals surface area contributed by atoms with Crippen molar-refractivity contribution in [2.24, 2.45) is 0 Å². The van der Waals surface area contributed by atoms with Crippen molar-refractivity contribution in [2.75, 3.05) is 17.7 Å². The van der Waals surface area contributed by atoms with E-state index < -0.39 is 0 Å². The van der Waals surface area contributed by atoms with E-state index in [0.717, 1.165) is 5.69 Å². The largest absolute Gasteiger partial charge is 0.497 e. The second kappa shape index (κ2) is 8.09. The molecule has 2 N–H and O–H groups in total. The quantitative estimate of drug-likeness (QED) is 0.650. The first kappa shape index (κ1) is 18.1. The Morgan fingerprint density at radius 3 is 2.11 bits per heavy atom. The van der Waals surface area contributed by atoms with Gasteiger partial charge in [-0.2, -0.15) is 0 Å². The van der Waals surface area contributed by atoms with Gasteiger partial charge in [-0.3, -0.25) is 9.59 Å².